The Hall–Kier alpha value is -3.35. The molecule has 0 aromatic heterocycles. The van der Waals surface area contributed by atoms with Crippen LogP contribution in [-0.2, 0) is 33.8 Å². The maximum Gasteiger partial charge on any atom is 0.335 e. The van der Waals surface area contributed by atoms with Crippen molar-refractivity contribution in [3.63, 3.8) is 0 Å². The Morgan fingerprint density at radius 3 is 2.07 bits per heavy atom. The lowest BCUT2D eigenvalue weighted by Crippen LogP contribution is -2.06. The average Bonchev–Trinajstić information content (AvgIpc) is 2.69. The van der Waals surface area contributed by atoms with Gasteiger partial charge in [0, 0.05) is 23.8 Å². The Labute approximate surface area is 159 Å². The van der Waals surface area contributed by atoms with Crippen LogP contribution in [0, 0.1) is 17.5 Å². The number of esters is 2. The molecule has 2 aromatic carbocycles. The first-order valence-electron chi connectivity index (χ1n) is 8.23. The zero-order valence-electron chi connectivity index (χ0n) is 14.8. The number of carbonyl (C=O) groups is 2. The number of halogens is 3. The van der Waals surface area contributed by atoms with Crippen molar-refractivity contribution in [3.8, 4) is 5.75 Å². The van der Waals surface area contributed by atoms with Crippen LogP contribution in [0.25, 0.3) is 0 Å². The molecule has 0 unspecified atom stereocenters. The van der Waals surface area contributed by atoms with E-state index in [2.05, 4.69) is 17.9 Å². The molecule has 0 N–H and O–H groups in total. The molecule has 0 bridgehead atoms. The van der Waals surface area contributed by atoms with Gasteiger partial charge in [0.15, 0.2) is 11.6 Å². The normalized spacial score (nSPS) is 10.2. The van der Waals surface area contributed by atoms with E-state index in [1.807, 2.05) is 0 Å². The summed E-state index contributed by atoms with van der Waals surface area (Å²) in [6.45, 7) is 6.03. The highest BCUT2D eigenvalue weighted by atomic mass is 19.2. The lowest BCUT2D eigenvalue weighted by Gasteiger charge is -2.10. The summed E-state index contributed by atoms with van der Waals surface area (Å²) >= 11 is 0. The van der Waals surface area contributed by atoms with E-state index < -0.39 is 36.0 Å². The average molecular weight is 390 g/mol. The number of rotatable bonds is 8. The summed E-state index contributed by atoms with van der Waals surface area (Å²) in [5, 5.41) is 0. The van der Waals surface area contributed by atoms with Gasteiger partial charge in [0.1, 0.15) is 18.2 Å². The first-order chi connectivity index (χ1) is 13.3. The molecule has 0 radical (unpaired) electrons. The van der Waals surface area contributed by atoms with E-state index >= 15 is 0 Å². The molecule has 0 saturated carbocycles. The molecule has 0 aliphatic rings. The van der Waals surface area contributed by atoms with Gasteiger partial charge in [-0.15, -0.1) is 0 Å². The Bertz CT molecular complexity index is 922. The molecular weight excluding hydrogens is 373 g/mol. The number of aryl methyl sites for hydroxylation is 2. The van der Waals surface area contributed by atoms with Crippen LogP contribution in [0.2, 0.25) is 0 Å². The van der Waals surface area contributed by atoms with Crippen LogP contribution in [0.5, 0.6) is 5.75 Å². The van der Waals surface area contributed by atoms with Gasteiger partial charge in [0.2, 0.25) is 0 Å². The van der Waals surface area contributed by atoms with Crippen molar-refractivity contribution in [2.45, 2.75) is 19.4 Å². The summed E-state index contributed by atoms with van der Waals surface area (Å²) in [6.07, 6.45) is 2.01. The van der Waals surface area contributed by atoms with Gasteiger partial charge in [0.25, 0.3) is 0 Å². The van der Waals surface area contributed by atoms with E-state index in [-0.39, 0.29) is 35.3 Å². The van der Waals surface area contributed by atoms with Crippen molar-refractivity contribution in [2.24, 2.45) is 0 Å². The summed E-state index contributed by atoms with van der Waals surface area (Å²) in [4.78, 5) is 22.1. The molecule has 0 saturated heterocycles. The number of carbonyl (C=O) groups excluding carboxylic acids is 2. The molecule has 0 aliphatic heterocycles. The third-order valence-electron chi connectivity index (χ3n) is 3.85. The monoisotopic (exact) mass is 390 g/mol. The highest BCUT2D eigenvalue weighted by Crippen LogP contribution is 2.22. The molecule has 2 aromatic rings. The number of benzene rings is 2. The topological polar surface area (TPSA) is 52.6 Å². The van der Waals surface area contributed by atoms with Gasteiger partial charge < -0.3 is 9.47 Å². The van der Waals surface area contributed by atoms with Crippen LogP contribution in [0.1, 0.15) is 16.7 Å². The fourth-order valence-electron chi connectivity index (χ4n) is 2.36. The minimum Gasteiger partial charge on any atom is -0.458 e. The van der Waals surface area contributed by atoms with Crippen LogP contribution in [0.15, 0.2) is 55.6 Å². The van der Waals surface area contributed by atoms with E-state index in [1.54, 1.807) is 0 Å². The zero-order chi connectivity index (χ0) is 20.7. The standard InChI is InChI=1S/C21H17F3O4/c1-3-18(25)27-12-15-8-7-14(20(23)21(15)24)6-5-13-9-10-16(11-17(13)22)28-19(26)4-2/h3-4,7-11H,1-2,5-6,12H2. The van der Waals surface area contributed by atoms with Crippen LogP contribution in [0.4, 0.5) is 13.2 Å². The van der Waals surface area contributed by atoms with Crippen molar-refractivity contribution in [2.75, 3.05) is 0 Å². The molecule has 146 valence electrons. The van der Waals surface area contributed by atoms with Crippen molar-refractivity contribution in [1.82, 2.24) is 0 Å². The quantitative estimate of drug-likeness (QED) is 0.385. The smallest absolute Gasteiger partial charge is 0.335 e. The van der Waals surface area contributed by atoms with E-state index in [0.717, 1.165) is 18.2 Å². The molecular formula is C21H17F3O4. The minimum atomic E-state index is -1.12. The van der Waals surface area contributed by atoms with Crippen molar-refractivity contribution < 1.29 is 32.2 Å². The summed E-state index contributed by atoms with van der Waals surface area (Å²) < 4.78 is 51.9. The van der Waals surface area contributed by atoms with Gasteiger partial charge in [-0.2, -0.15) is 0 Å². The molecule has 0 atom stereocenters. The molecule has 2 rings (SSSR count). The largest absolute Gasteiger partial charge is 0.458 e. The second-order valence-electron chi connectivity index (χ2n) is 5.70. The summed E-state index contributed by atoms with van der Waals surface area (Å²) in [5.74, 6) is -4.29. The van der Waals surface area contributed by atoms with E-state index in [1.165, 1.54) is 24.3 Å². The lowest BCUT2D eigenvalue weighted by atomic mass is 10.0. The third-order valence-corrected chi connectivity index (χ3v) is 3.85. The fraction of sp³-hybridized carbons (Fsp3) is 0.143. The number of hydrogen-bond acceptors (Lipinski definition) is 4. The van der Waals surface area contributed by atoms with Crippen LogP contribution in [0.3, 0.4) is 0 Å². The zero-order valence-corrected chi connectivity index (χ0v) is 14.8. The van der Waals surface area contributed by atoms with E-state index in [0.29, 0.717) is 0 Å². The molecule has 0 heterocycles. The molecule has 0 aliphatic carbocycles. The third kappa shape index (κ3) is 5.33. The Morgan fingerprint density at radius 1 is 0.857 bits per heavy atom. The van der Waals surface area contributed by atoms with Crippen molar-refractivity contribution in [3.05, 3.63) is 89.8 Å². The first kappa shape index (κ1) is 21.0. The van der Waals surface area contributed by atoms with Crippen LogP contribution in [-0.4, -0.2) is 11.9 Å². The Kier molecular flexibility index (Phi) is 7.14. The first-order valence-corrected chi connectivity index (χ1v) is 8.23. The highest BCUT2D eigenvalue weighted by molar-refractivity contribution is 5.83. The summed E-state index contributed by atoms with van der Waals surface area (Å²) in [6, 6.07) is 6.49. The highest BCUT2D eigenvalue weighted by Gasteiger charge is 2.15. The lowest BCUT2D eigenvalue weighted by molar-refractivity contribution is -0.139. The van der Waals surface area contributed by atoms with Gasteiger partial charge in [-0.25, -0.2) is 22.8 Å². The Morgan fingerprint density at radius 2 is 1.43 bits per heavy atom. The minimum absolute atomic E-state index is 0.0156. The van der Waals surface area contributed by atoms with Crippen molar-refractivity contribution in [1.29, 1.82) is 0 Å². The van der Waals surface area contributed by atoms with E-state index in [4.69, 9.17) is 4.74 Å². The van der Waals surface area contributed by atoms with E-state index in [9.17, 15) is 22.8 Å². The van der Waals surface area contributed by atoms with Crippen LogP contribution >= 0.6 is 0 Å². The van der Waals surface area contributed by atoms with Crippen molar-refractivity contribution >= 4 is 11.9 Å². The maximum atomic E-state index is 14.2. The second kappa shape index (κ2) is 9.55. The molecule has 28 heavy (non-hydrogen) atoms. The van der Waals surface area contributed by atoms with Gasteiger partial charge in [0.05, 0.1) is 0 Å². The maximum absolute atomic E-state index is 14.2. The van der Waals surface area contributed by atoms with Gasteiger partial charge in [-0.05, 0) is 30.0 Å². The molecule has 0 fully saturated rings. The predicted octanol–water partition coefficient (Wildman–Crippen LogP) is 4.21. The van der Waals surface area contributed by atoms with Crippen LogP contribution < -0.4 is 4.74 Å². The summed E-state index contributed by atoms with van der Waals surface area (Å²) in [5.41, 5.74) is 0.191. The van der Waals surface area contributed by atoms with Gasteiger partial charge >= 0.3 is 11.9 Å². The Balaban J connectivity index is 2.07. The number of ether oxygens (including phenoxy) is 2. The molecule has 0 spiro atoms. The fourth-order valence-corrected chi connectivity index (χ4v) is 2.36. The molecule has 0 amide bonds. The molecule has 7 heteroatoms. The SMILES string of the molecule is C=CC(=O)OCc1ccc(CCc2ccc(OC(=O)C=C)cc2F)c(F)c1F. The summed E-state index contributed by atoms with van der Waals surface area (Å²) in [7, 11) is 0. The second-order valence-corrected chi connectivity index (χ2v) is 5.70. The number of hydrogen-bond donors (Lipinski definition) is 0. The predicted molar refractivity (Wildman–Crippen MR) is 96.0 cm³/mol. The van der Waals surface area contributed by atoms with Gasteiger partial charge in [-0.3, -0.25) is 0 Å². The van der Waals surface area contributed by atoms with Gasteiger partial charge in [-0.1, -0.05) is 31.4 Å². The molecule has 4 nitrogen and oxygen atoms in total.